The summed E-state index contributed by atoms with van der Waals surface area (Å²) in [6.07, 6.45) is 11.5. The number of hydrogen-bond donors (Lipinski definition) is 0. The highest BCUT2D eigenvalue weighted by molar-refractivity contribution is 5.91. The maximum absolute atomic E-state index is 4.27. The lowest BCUT2D eigenvalue weighted by molar-refractivity contribution is 0.968. The first-order valence-electron chi connectivity index (χ1n) is 7.58. The Morgan fingerprint density at radius 2 is 2.00 bits per heavy atom. The van der Waals surface area contributed by atoms with Crippen molar-refractivity contribution in [1.82, 2.24) is 4.57 Å². The van der Waals surface area contributed by atoms with E-state index in [0.717, 1.165) is 12.0 Å². The number of fused-ring (bicyclic) bond motifs is 1. The van der Waals surface area contributed by atoms with E-state index in [4.69, 9.17) is 0 Å². The molecule has 0 aliphatic heterocycles. The van der Waals surface area contributed by atoms with Gasteiger partial charge in [-0.3, -0.25) is 0 Å². The van der Waals surface area contributed by atoms with Crippen LogP contribution in [0.2, 0.25) is 0 Å². The fourth-order valence-electron chi connectivity index (χ4n) is 3.19. The number of benzene rings is 1. The van der Waals surface area contributed by atoms with Crippen molar-refractivity contribution in [2.75, 3.05) is 0 Å². The zero-order valence-corrected chi connectivity index (χ0v) is 13.3. The molecule has 0 saturated carbocycles. The van der Waals surface area contributed by atoms with Crippen LogP contribution in [0, 0.1) is 0 Å². The first-order chi connectivity index (χ1) is 10.7. The number of allylic oxidation sites excluding steroid dienone is 7. The summed E-state index contributed by atoms with van der Waals surface area (Å²) in [6.45, 7) is 10.2. The van der Waals surface area contributed by atoms with Gasteiger partial charge in [0.25, 0.3) is 0 Å². The normalized spacial score (nSPS) is 17.4. The Labute approximate surface area is 132 Å². The first kappa shape index (κ1) is 14.4. The van der Waals surface area contributed by atoms with Crippen LogP contribution < -0.4 is 0 Å². The van der Waals surface area contributed by atoms with Gasteiger partial charge in [0.15, 0.2) is 0 Å². The van der Waals surface area contributed by atoms with Crippen LogP contribution in [0.3, 0.4) is 0 Å². The molecule has 2 aromatic rings. The van der Waals surface area contributed by atoms with Crippen molar-refractivity contribution in [2.24, 2.45) is 7.05 Å². The summed E-state index contributed by atoms with van der Waals surface area (Å²) in [5.41, 5.74) is 7.34. The van der Waals surface area contributed by atoms with Gasteiger partial charge in [-0.05, 0) is 47.8 Å². The summed E-state index contributed by atoms with van der Waals surface area (Å²) in [5.74, 6) is 0. The minimum atomic E-state index is 0.924. The summed E-state index contributed by atoms with van der Waals surface area (Å²) in [5, 5.41) is 1.28. The standard InChI is InChI=1S/C21H21N/c1-5-9-16-12-17(15(3)19(16)6-2)13-18-14-22(4)21-11-8-7-10-20(18)21/h5-11,13-14H,2-3,12H2,1,4H3/b9-5-,17-13-. The summed E-state index contributed by atoms with van der Waals surface area (Å²) >= 11 is 0. The van der Waals surface area contributed by atoms with E-state index >= 15 is 0 Å². The molecule has 0 amide bonds. The summed E-state index contributed by atoms with van der Waals surface area (Å²) in [6, 6.07) is 8.50. The minimum Gasteiger partial charge on any atom is -0.350 e. The third kappa shape index (κ3) is 2.29. The van der Waals surface area contributed by atoms with Crippen LogP contribution in [0.15, 0.2) is 84.1 Å². The molecule has 1 aliphatic rings. The molecule has 110 valence electrons. The van der Waals surface area contributed by atoms with Crippen molar-refractivity contribution in [1.29, 1.82) is 0 Å². The van der Waals surface area contributed by atoms with Crippen molar-refractivity contribution in [3.8, 4) is 0 Å². The average Bonchev–Trinajstić information content (AvgIpc) is 2.99. The molecule has 1 nitrogen and oxygen atoms in total. The van der Waals surface area contributed by atoms with E-state index in [1.807, 2.05) is 13.0 Å². The van der Waals surface area contributed by atoms with E-state index in [1.165, 1.54) is 33.2 Å². The topological polar surface area (TPSA) is 4.93 Å². The zero-order chi connectivity index (χ0) is 15.7. The van der Waals surface area contributed by atoms with Gasteiger partial charge in [0.05, 0.1) is 0 Å². The van der Waals surface area contributed by atoms with Crippen LogP contribution in [0.4, 0.5) is 0 Å². The fourth-order valence-corrected chi connectivity index (χ4v) is 3.19. The van der Waals surface area contributed by atoms with Crippen molar-refractivity contribution in [3.05, 3.63) is 89.7 Å². The molecule has 1 aromatic heterocycles. The fraction of sp³-hybridized carbons (Fsp3) is 0.143. The molecule has 1 heteroatoms. The second-order valence-corrected chi connectivity index (χ2v) is 5.68. The Balaban J connectivity index is 2.07. The highest BCUT2D eigenvalue weighted by Gasteiger charge is 2.19. The second kappa shape index (κ2) is 5.69. The third-order valence-electron chi connectivity index (χ3n) is 4.27. The van der Waals surface area contributed by atoms with E-state index in [9.17, 15) is 0 Å². The first-order valence-corrected chi connectivity index (χ1v) is 7.58. The number of nitrogens with zero attached hydrogens (tertiary/aromatic N) is 1. The summed E-state index contributed by atoms with van der Waals surface area (Å²) in [4.78, 5) is 0. The number of hydrogen-bond acceptors (Lipinski definition) is 0. The van der Waals surface area contributed by atoms with Crippen LogP contribution in [0.25, 0.3) is 17.0 Å². The van der Waals surface area contributed by atoms with Gasteiger partial charge < -0.3 is 4.57 Å². The highest BCUT2D eigenvalue weighted by Crippen LogP contribution is 2.38. The van der Waals surface area contributed by atoms with E-state index in [0.29, 0.717) is 0 Å². The van der Waals surface area contributed by atoms with Gasteiger partial charge in [0.1, 0.15) is 0 Å². The molecule has 22 heavy (non-hydrogen) atoms. The molecule has 0 unspecified atom stereocenters. The molecule has 0 atom stereocenters. The second-order valence-electron chi connectivity index (χ2n) is 5.68. The van der Waals surface area contributed by atoms with Crippen molar-refractivity contribution < 1.29 is 0 Å². The van der Waals surface area contributed by atoms with E-state index in [1.54, 1.807) is 0 Å². The zero-order valence-electron chi connectivity index (χ0n) is 13.3. The Morgan fingerprint density at radius 3 is 2.73 bits per heavy atom. The molecule has 1 heterocycles. The van der Waals surface area contributed by atoms with Gasteiger partial charge in [0, 0.05) is 29.7 Å². The van der Waals surface area contributed by atoms with Crippen LogP contribution in [0.5, 0.6) is 0 Å². The SMILES string of the molecule is C=CC1=C(/C=C\C)C/C(=C/c2cn(C)c3ccccc23)C1=C. The highest BCUT2D eigenvalue weighted by atomic mass is 14.9. The molecule has 3 rings (SSSR count). The monoisotopic (exact) mass is 287 g/mol. The predicted octanol–water partition coefficient (Wildman–Crippen LogP) is 5.58. The summed E-state index contributed by atoms with van der Waals surface area (Å²) < 4.78 is 2.17. The van der Waals surface area contributed by atoms with E-state index in [-0.39, 0.29) is 0 Å². The smallest absolute Gasteiger partial charge is 0.0483 e. The Kier molecular flexibility index (Phi) is 3.72. The van der Waals surface area contributed by atoms with Gasteiger partial charge in [-0.2, -0.15) is 0 Å². The number of rotatable bonds is 3. The lowest BCUT2D eigenvalue weighted by Crippen LogP contribution is -1.82. The number of aryl methyl sites for hydroxylation is 1. The van der Waals surface area contributed by atoms with Gasteiger partial charge in [-0.1, -0.05) is 49.6 Å². The maximum atomic E-state index is 4.27. The Morgan fingerprint density at radius 1 is 1.23 bits per heavy atom. The third-order valence-corrected chi connectivity index (χ3v) is 4.27. The average molecular weight is 287 g/mol. The molecule has 1 aliphatic carbocycles. The molecule has 0 fully saturated rings. The van der Waals surface area contributed by atoms with Gasteiger partial charge in [-0.15, -0.1) is 0 Å². The lowest BCUT2D eigenvalue weighted by Gasteiger charge is -2.01. The van der Waals surface area contributed by atoms with Crippen LogP contribution in [-0.4, -0.2) is 4.57 Å². The molecule has 0 N–H and O–H groups in total. The maximum Gasteiger partial charge on any atom is 0.0483 e. The Bertz CT molecular complexity index is 853. The number of para-hydroxylation sites is 1. The molecular formula is C21H21N. The van der Waals surface area contributed by atoms with Crippen LogP contribution in [-0.2, 0) is 7.05 Å². The number of aromatic nitrogens is 1. The largest absolute Gasteiger partial charge is 0.350 e. The van der Waals surface area contributed by atoms with Gasteiger partial charge >= 0.3 is 0 Å². The van der Waals surface area contributed by atoms with Gasteiger partial charge in [0.2, 0.25) is 0 Å². The molecule has 0 saturated heterocycles. The summed E-state index contributed by atoms with van der Waals surface area (Å²) in [7, 11) is 2.09. The van der Waals surface area contributed by atoms with Crippen molar-refractivity contribution in [2.45, 2.75) is 13.3 Å². The molecule has 0 radical (unpaired) electrons. The van der Waals surface area contributed by atoms with E-state index < -0.39 is 0 Å². The van der Waals surface area contributed by atoms with Crippen LogP contribution >= 0.6 is 0 Å². The predicted molar refractivity (Wildman–Crippen MR) is 96.7 cm³/mol. The molecule has 1 aromatic carbocycles. The quantitative estimate of drug-likeness (QED) is 0.694. The van der Waals surface area contributed by atoms with Crippen molar-refractivity contribution in [3.63, 3.8) is 0 Å². The lowest BCUT2D eigenvalue weighted by atomic mass is 10.0. The van der Waals surface area contributed by atoms with Gasteiger partial charge in [-0.25, -0.2) is 0 Å². The molecule has 0 bridgehead atoms. The van der Waals surface area contributed by atoms with Crippen LogP contribution in [0.1, 0.15) is 18.9 Å². The Hall–Kier alpha value is -2.54. The minimum absolute atomic E-state index is 0.924. The van der Waals surface area contributed by atoms with Crippen molar-refractivity contribution >= 4 is 17.0 Å². The molecular weight excluding hydrogens is 266 g/mol. The molecule has 0 spiro atoms. The van der Waals surface area contributed by atoms with E-state index in [2.05, 4.69) is 73.5 Å².